The number of benzene rings is 1. The fourth-order valence-corrected chi connectivity index (χ4v) is 3.38. The van der Waals surface area contributed by atoms with Gasteiger partial charge >= 0.3 is 0 Å². The first-order chi connectivity index (χ1) is 14.5. The Balaban J connectivity index is 1.44. The van der Waals surface area contributed by atoms with Crippen LogP contribution < -0.4 is 5.32 Å². The monoisotopic (exact) mass is 420 g/mol. The molecule has 152 valence electrons. The summed E-state index contributed by atoms with van der Waals surface area (Å²) in [6, 6.07) is 13.4. The second-order valence-corrected chi connectivity index (χ2v) is 7.48. The second kappa shape index (κ2) is 8.51. The molecular formula is C22H21ClN6O. The van der Waals surface area contributed by atoms with Gasteiger partial charge in [-0.05, 0) is 43.2 Å². The number of nitrogens with one attached hydrogen (secondary N) is 1. The molecule has 4 aromatic rings. The minimum absolute atomic E-state index is 0.179. The highest BCUT2D eigenvalue weighted by atomic mass is 35.5. The van der Waals surface area contributed by atoms with Gasteiger partial charge in [-0.2, -0.15) is 5.10 Å². The lowest BCUT2D eigenvalue weighted by Crippen LogP contribution is -2.24. The number of amides is 1. The SMILES string of the molecule is Cc1cc(C)n(-c2ccc(Cl)c(C(=O)NCc3ccc(Cn4ccnc4)cc3)n2)n1. The zero-order valence-corrected chi connectivity index (χ0v) is 17.5. The first kappa shape index (κ1) is 19.8. The van der Waals surface area contributed by atoms with Crippen molar-refractivity contribution < 1.29 is 4.79 Å². The van der Waals surface area contributed by atoms with E-state index in [0.29, 0.717) is 17.4 Å². The van der Waals surface area contributed by atoms with Gasteiger partial charge < -0.3 is 9.88 Å². The number of halogens is 1. The van der Waals surface area contributed by atoms with Gasteiger partial charge in [-0.3, -0.25) is 4.79 Å². The van der Waals surface area contributed by atoms with Crippen molar-refractivity contribution in [2.75, 3.05) is 0 Å². The summed E-state index contributed by atoms with van der Waals surface area (Å²) in [5, 5.41) is 7.60. The van der Waals surface area contributed by atoms with Crippen LogP contribution in [-0.4, -0.2) is 30.2 Å². The average molecular weight is 421 g/mol. The summed E-state index contributed by atoms with van der Waals surface area (Å²) in [7, 11) is 0. The number of aromatic nitrogens is 5. The molecule has 0 radical (unpaired) electrons. The molecule has 3 heterocycles. The maximum atomic E-state index is 12.7. The Labute approximate surface area is 179 Å². The molecule has 0 saturated carbocycles. The zero-order chi connectivity index (χ0) is 21.1. The second-order valence-electron chi connectivity index (χ2n) is 7.07. The van der Waals surface area contributed by atoms with Crippen molar-refractivity contribution in [3.63, 3.8) is 0 Å². The van der Waals surface area contributed by atoms with Crippen LogP contribution in [0.1, 0.15) is 33.0 Å². The van der Waals surface area contributed by atoms with E-state index in [9.17, 15) is 4.79 Å². The third-order valence-corrected chi connectivity index (χ3v) is 4.98. The maximum Gasteiger partial charge on any atom is 0.271 e. The highest BCUT2D eigenvalue weighted by molar-refractivity contribution is 6.33. The summed E-state index contributed by atoms with van der Waals surface area (Å²) >= 11 is 6.23. The Hall–Kier alpha value is -3.45. The van der Waals surface area contributed by atoms with Gasteiger partial charge in [-0.25, -0.2) is 14.6 Å². The van der Waals surface area contributed by atoms with Crippen molar-refractivity contribution in [3.05, 3.63) is 94.4 Å². The zero-order valence-electron chi connectivity index (χ0n) is 16.7. The van der Waals surface area contributed by atoms with Gasteiger partial charge in [0.15, 0.2) is 5.82 Å². The number of hydrogen-bond donors (Lipinski definition) is 1. The first-order valence-electron chi connectivity index (χ1n) is 9.51. The molecule has 4 rings (SSSR count). The third-order valence-electron chi connectivity index (χ3n) is 4.67. The number of aryl methyl sites for hydroxylation is 2. The molecule has 0 saturated heterocycles. The van der Waals surface area contributed by atoms with E-state index in [2.05, 4.69) is 20.4 Å². The van der Waals surface area contributed by atoms with Crippen molar-refractivity contribution in [1.29, 1.82) is 0 Å². The van der Waals surface area contributed by atoms with Crippen LogP contribution in [0.25, 0.3) is 5.82 Å². The summed E-state index contributed by atoms with van der Waals surface area (Å²) in [4.78, 5) is 21.2. The molecule has 30 heavy (non-hydrogen) atoms. The van der Waals surface area contributed by atoms with Crippen molar-refractivity contribution >= 4 is 17.5 Å². The van der Waals surface area contributed by atoms with Crippen molar-refractivity contribution in [1.82, 2.24) is 29.6 Å². The Morgan fingerprint density at radius 2 is 1.87 bits per heavy atom. The molecule has 1 amide bonds. The van der Waals surface area contributed by atoms with E-state index in [4.69, 9.17) is 11.6 Å². The smallest absolute Gasteiger partial charge is 0.271 e. The highest BCUT2D eigenvalue weighted by Crippen LogP contribution is 2.18. The van der Waals surface area contributed by atoms with E-state index in [1.165, 1.54) is 0 Å². The van der Waals surface area contributed by atoms with Crippen LogP contribution in [0.2, 0.25) is 5.02 Å². The molecule has 7 nitrogen and oxygen atoms in total. The lowest BCUT2D eigenvalue weighted by Gasteiger charge is -2.10. The topological polar surface area (TPSA) is 77.6 Å². The highest BCUT2D eigenvalue weighted by Gasteiger charge is 2.15. The van der Waals surface area contributed by atoms with E-state index in [1.807, 2.05) is 54.9 Å². The third kappa shape index (κ3) is 4.41. The van der Waals surface area contributed by atoms with Crippen LogP contribution >= 0.6 is 11.6 Å². The van der Waals surface area contributed by atoms with Gasteiger partial charge in [-0.1, -0.05) is 35.9 Å². The predicted molar refractivity (Wildman–Crippen MR) is 115 cm³/mol. The first-order valence-corrected chi connectivity index (χ1v) is 9.89. The molecule has 0 fully saturated rings. The Bertz CT molecular complexity index is 1170. The van der Waals surface area contributed by atoms with Gasteiger partial charge in [0, 0.05) is 31.2 Å². The molecule has 0 spiro atoms. The number of hydrogen-bond acceptors (Lipinski definition) is 4. The standard InChI is InChI=1S/C22H21ClN6O/c1-15-11-16(2)29(27-15)20-8-7-19(23)21(26-20)22(30)25-12-17-3-5-18(6-4-17)13-28-10-9-24-14-28/h3-11,14H,12-13H2,1-2H3,(H,25,30). The Kier molecular flexibility index (Phi) is 5.63. The van der Waals surface area contributed by atoms with Gasteiger partial charge in [0.2, 0.25) is 0 Å². The van der Waals surface area contributed by atoms with Gasteiger partial charge in [-0.15, -0.1) is 0 Å². The van der Waals surface area contributed by atoms with E-state index >= 15 is 0 Å². The number of rotatable bonds is 6. The maximum absolute atomic E-state index is 12.7. The molecule has 8 heteroatoms. The quantitative estimate of drug-likeness (QED) is 0.515. The van der Waals surface area contributed by atoms with Crippen molar-refractivity contribution in [2.24, 2.45) is 0 Å². The van der Waals surface area contributed by atoms with Crippen LogP contribution in [0, 0.1) is 13.8 Å². The molecule has 0 aliphatic heterocycles. The number of pyridine rings is 1. The molecule has 0 bridgehead atoms. The summed E-state index contributed by atoms with van der Waals surface area (Å²) in [6.07, 6.45) is 5.46. The minimum atomic E-state index is -0.328. The molecule has 0 aliphatic rings. The van der Waals surface area contributed by atoms with Crippen LogP contribution in [0.5, 0.6) is 0 Å². The minimum Gasteiger partial charge on any atom is -0.347 e. The van der Waals surface area contributed by atoms with Crippen LogP contribution in [0.3, 0.4) is 0 Å². The normalized spacial score (nSPS) is 10.9. The summed E-state index contributed by atoms with van der Waals surface area (Å²) < 4.78 is 3.70. The fraction of sp³-hybridized carbons (Fsp3) is 0.182. The number of nitrogens with zero attached hydrogens (tertiary/aromatic N) is 5. The fourth-order valence-electron chi connectivity index (χ4n) is 3.19. The molecule has 0 atom stereocenters. The van der Waals surface area contributed by atoms with E-state index < -0.39 is 0 Å². The van der Waals surface area contributed by atoms with Crippen LogP contribution in [-0.2, 0) is 13.1 Å². The van der Waals surface area contributed by atoms with Gasteiger partial charge in [0.1, 0.15) is 5.69 Å². The van der Waals surface area contributed by atoms with Gasteiger partial charge in [0.25, 0.3) is 5.91 Å². The van der Waals surface area contributed by atoms with E-state index in [0.717, 1.165) is 29.1 Å². The molecule has 3 aromatic heterocycles. The largest absolute Gasteiger partial charge is 0.347 e. The van der Waals surface area contributed by atoms with E-state index in [1.54, 1.807) is 29.3 Å². The predicted octanol–water partition coefficient (Wildman–Crippen LogP) is 3.71. The number of imidazole rings is 1. The molecular weight excluding hydrogens is 400 g/mol. The van der Waals surface area contributed by atoms with Crippen molar-refractivity contribution in [3.8, 4) is 5.82 Å². The summed E-state index contributed by atoms with van der Waals surface area (Å²) in [5.41, 5.74) is 4.14. The van der Waals surface area contributed by atoms with Gasteiger partial charge in [0.05, 0.1) is 17.0 Å². The number of carbonyl (C=O) groups excluding carboxylic acids is 1. The van der Waals surface area contributed by atoms with Crippen LogP contribution in [0.4, 0.5) is 0 Å². The molecule has 1 N–H and O–H groups in total. The molecule has 1 aromatic carbocycles. The van der Waals surface area contributed by atoms with E-state index in [-0.39, 0.29) is 11.6 Å². The lowest BCUT2D eigenvalue weighted by atomic mass is 10.1. The average Bonchev–Trinajstić information content (AvgIpc) is 3.36. The lowest BCUT2D eigenvalue weighted by molar-refractivity contribution is 0.0946. The summed E-state index contributed by atoms with van der Waals surface area (Å²) in [5.74, 6) is 0.227. The summed E-state index contributed by atoms with van der Waals surface area (Å²) in [6.45, 7) is 4.98. The molecule has 0 unspecified atom stereocenters. The Morgan fingerprint density at radius 3 is 2.53 bits per heavy atom. The number of carbonyl (C=O) groups is 1. The Morgan fingerprint density at radius 1 is 1.10 bits per heavy atom. The van der Waals surface area contributed by atoms with Crippen LogP contribution in [0.15, 0.2) is 61.2 Å². The molecule has 0 aliphatic carbocycles. The van der Waals surface area contributed by atoms with Crippen molar-refractivity contribution in [2.45, 2.75) is 26.9 Å².